The summed E-state index contributed by atoms with van der Waals surface area (Å²) in [6.45, 7) is 10.9. The van der Waals surface area contributed by atoms with Crippen molar-refractivity contribution in [2.24, 2.45) is 5.73 Å². The van der Waals surface area contributed by atoms with Crippen LogP contribution in [0, 0.1) is 0 Å². The Labute approximate surface area is 127 Å². The van der Waals surface area contributed by atoms with E-state index in [4.69, 9.17) is 5.73 Å². The van der Waals surface area contributed by atoms with Crippen LogP contribution in [-0.4, -0.2) is 37.1 Å². The number of hydrogen-bond acceptors (Lipinski definition) is 3. The fraction of sp³-hybridized carbons (Fsp3) is 0.562. The van der Waals surface area contributed by atoms with E-state index in [1.54, 1.807) is 0 Å². The summed E-state index contributed by atoms with van der Waals surface area (Å²) in [5, 5.41) is 6.09. The highest BCUT2D eigenvalue weighted by molar-refractivity contribution is 5.87. The topological polar surface area (TPSA) is 70.4 Å². The van der Waals surface area contributed by atoms with E-state index < -0.39 is 6.03 Å². The van der Waals surface area contributed by atoms with Gasteiger partial charge in [-0.25, -0.2) is 4.79 Å². The van der Waals surface area contributed by atoms with Crippen molar-refractivity contribution in [2.45, 2.75) is 33.2 Å². The van der Waals surface area contributed by atoms with E-state index in [0.717, 1.165) is 38.3 Å². The third-order valence-electron chi connectivity index (χ3n) is 3.67. The predicted octanol–water partition coefficient (Wildman–Crippen LogP) is 2.56. The number of carbonyl (C=O) groups is 1. The van der Waals surface area contributed by atoms with Crippen molar-refractivity contribution in [1.82, 2.24) is 10.2 Å². The molecule has 1 rings (SSSR count). The Balaban J connectivity index is 2.34. The van der Waals surface area contributed by atoms with Gasteiger partial charge in [-0.05, 0) is 57.2 Å². The smallest absolute Gasteiger partial charge is 0.316 e. The van der Waals surface area contributed by atoms with Gasteiger partial charge in [0.2, 0.25) is 0 Å². The van der Waals surface area contributed by atoms with Gasteiger partial charge in [0.1, 0.15) is 0 Å². The minimum atomic E-state index is -0.537. The van der Waals surface area contributed by atoms with Crippen molar-refractivity contribution in [3.8, 4) is 0 Å². The molecule has 0 aliphatic rings. The molecule has 21 heavy (non-hydrogen) atoms. The third kappa shape index (κ3) is 6.60. The molecule has 118 valence electrons. The standard InChI is InChI=1S/C16H28N4O/c1-4-20(5-2)12-6-11-18-13(3)14-7-9-15(10-8-14)19-16(17)21/h7-10,13,18H,4-6,11-12H2,1-3H3,(H3,17,19,21). The largest absolute Gasteiger partial charge is 0.351 e. The van der Waals surface area contributed by atoms with Gasteiger partial charge in [-0.15, -0.1) is 0 Å². The number of urea groups is 1. The molecule has 0 fully saturated rings. The molecule has 0 bridgehead atoms. The van der Waals surface area contributed by atoms with Gasteiger partial charge in [-0.1, -0.05) is 26.0 Å². The minimum Gasteiger partial charge on any atom is -0.351 e. The van der Waals surface area contributed by atoms with Gasteiger partial charge < -0.3 is 21.3 Å². The fourth-order valence-electron chi connectivity index (χ4n) is 2.28. The van der Waals surface area contributed by atoms with Crippen molar-refractivity contribution in [3.63, 3.8) is 0 Å². The molecule has 0 aliphatic carbocycles. The number of rotatable bonds is 9. The van der Waals surface area contributed by atoms with Crippen LogP contribution in [0.1, 0.15) is 38.8 Å². The molecule has 1 aromatic carbocycles. The van der Waals surface area contributed by atoms with Crippen molar-refractivity contribution in [1.29, 1.82) is 0 Å². The zero-order valence-electron chi connectivity index (χ0n) is 13.4. The number of amides is 2. The van der Waals surface area contributed by atoms with Crippen LogP contribution in [0.4, 0.5) is 10.5 Å². The second-order valence-electron chi connectivity index (χ2n) is 5.17. The van der Waals surface area contributed by atoms with E-state index >= 15 is 0 Å². The van der Waals surface area contributed by atoms with E-state index in [0.29, 0.717) is 6.04 Å². The second kappa shape index (κ2) is 9.37. The van der Waals surface area contributed by atoms with Gasteiger partial charge in [-0.3, -0.25) is 0 Å². The van der Waals surface area contributed by atoms with Crippen molar-refractivity contribution in [3.05, 3.63) is 29.8 Å². The summed E-state index contributed by atoms with van der Waals surface area (Å²) >= 11 is 0. The molecule has 1 atom stereocenters. The molecule has 5 nitrogen and oxygen atoms in total. The predicted molar refractivity (Wildman–Crippen MR) is 88.5 cm³/mol. The van der Waals surface area contributed by atoms with Gasteiger partial charge in [0.05, 0.1) is 0 Å². The maximum atomic E-state index is 10.8. The Hall–Kier alpha value is -1.59. The van der Waals surface area contributed by atoms with E-state index in [-0.39, 0.29) is 0 Å². The molecule has 5 heteroatoms. The van der Waals surface area contributed by atoms with E-state index in [9.17, 15) is 4.79 Å². The first-order chi connectivity index (χ1) is 10.1. The Morgan fingerprint density at radius 2 is 1.86 bits per heavy atom. The zero-order chi connectivity index (χ0) is 15.7. The third-order valence-corrected chi connectivity index (χ3v) is 3.67. The highest BCUT2D eigenvalue weighted by Crippen LogP contribution is 2.15. The molecular formula is C16H28N4O. The SMILES string of the molecule is CCN(CC)CCCNC(C)c1ccc(NC(N)=O)cc1. The van der Waals surface area contributed by atoms with Crippen LogP contribution < -0.4 is 16.4 Å². The molecule has 2 amide bonds. The molecular weight excluding hydrogens is 264 g/mol. The number of benzene rings is 1. The molecule has 0 aromatic heterocycles. The number of carbonyl (C=O) groups excluding carboxylic acids is 1. The summed E-state index contributed by atoms with van der Waals surface area (Å²) in [5.41, 5.74) is 7.01. The lowest BCUT2D eigenvalue weighted by molar-refractivity contribution is 0.259. The molecule has 4 N–H and O–H groups in total. The van der Waals surface area contributed by atoms with Crippen LogP contribution in [0.15, 0.2) is 24.3 Å². The summed E-state index contributed by atoms with van der Waals surface area (Å²) in [6, 6.07) is 7.51. The normalized spacial score (nSPS) is 12.4. The highest BCUT2D eigenvalue weighted by atomic mass is 16.2. The Morgan fingerprint density at radius 3 is 2.38 bits per heavy atom. The first-order valence-corrected chi connectivity index (χ1v) is 7.69. The van der Waals surface area contributed by atoms with Crippen LogP contribution >= 0.6 is 0 Å². The molecule has 0 saturated heterocycles. The van der Waals surface area contributed by atoms with Crippen LogP contribution in [0.2, 0.25) is 0 Å². The summed E-state index contributed by atoms with van der Waals surface area (Å²) in [5.74, 6) is 0. The maximum absolute atomic E-state index is 10.8. The lowest BCUT2D eigenvalue weighted by Crippen LogP contribution is -2.28. The highest BCUT2D eigenvalue weighted by Gasteiger charge is 2.05. The zero-order valence-corrected chi connectivity index (χ0v) is 13.4. The molecule has 1 unspecified atom stereocenters. The molecule has 1 aromatic rings. The van der Waals surface area contributed by atoms with Gasteiger partial charge in [0.15, 0.2) is 0 Å². The Morgan fingerprint density at radius 1 is 1.24 bits per heavy atom. The molecule has 0 aliphatic heterocycles. The fourth-order valence-corrected chi connectivity index (χ4v) is 2.28. The number of nitrogens with one attached hydrogen (secondary N) is 2. The lowest BCUT2D eigenvalue weighted by atomic mass is 10.1. The van der Waals surface area contributed by atoms with E-state index in [1.807, 2.05) is 24.3 Å². The first kappa shape index (κ1) is 17.5. The summed E-state index contributed by atoms with van der Waals surface area (Å²) in [4.78, 5) is 13.2. The van der Waals surface area contributed by atoms with Crippen molar-refractivity contribution in [2.75, 3.05) is 31.5 Å². The number of nitrogens with two attached hydrogens (primary N) is 1. The number of hydrogen-bond donors (Lipinski definition) is 3. The van der Waals surface area contributed by atoms with Crippen LogP contribution in [0.3, 0.4) is 0 Å². The van der Waals surface area contributed by atoms with Crippen LogP contribution in [0.25, 0.3) is 0 Å². The summed E-state index contributed by atoms with van der Waals surface area (Å²) in [6.07, 6.45) is 1.15. The summed E-state index contributed by atoms with van der Waals surface area (Å²) in [7, 11) is 0. The average Bonchev–Trinajstić information content (AvgIpc) is 2.47. The first-order valence-electron chi connectivity index (χ1n) is 7.69. The van der Waals surface area contributed by atoms with Gasteiger partial charge >= 0.3 is 6.03 Å². The van der Waals surface area contributed by atoms with Crippen molar-refractivity contribution >= 4 is 11.7 Å². The Kier molecular flexibility index (Phi) is 7.79. The molecule has 0 spiro atoms. The van der Waals surface area contributed by atoms with E-state index in [1.165, 1.54) is 5.56 Å². The number of primary amides is 1. The van der Waals surface area contributed by atoms with Gasteiger partial charge in [0, 0.05) is 11.7 Å². The minimum absolute atomic E-state index is 0.296. The number of anilines is 1. The maximum Gasteiger partial charge on any atom is 0.316 e. The molecule has 0 radical (unpaired) electrons. The number of nitrogens with zero attached hydrogens (tertiary/aromatic N) is 1. The summed E-state index contributed by atoms with van der Waals surface area (Å²) < 4.78 is 0. The average molecular weight is 292 g/mol. The second-order valence-corrected chi connectivity index (χ2v) is 5.17. The monoisotopic (exact) mass is 292 g/mol. The lowest BCUT2D eigenvalue weighted by Gasteiger charge is -2.19. The van der Waals surface area contributed by atoms with Crippen molar-refractivity contribution < 1.29 is 4.79 Å². The van der Waals surface area contributed by atoms with Gasteiger partial charge in [0.25, 0.3) is 0 Å². The molecule has 0 heterocycles. The molecule has 0 saturated carbocycles. The quantitative estimate of drug-likeness (QED) is 0.613. The van der Waals surface area contributed by atoms with Crippen LogP contribution in [0.5, 0.6) is 0 Å². The van der Waals surface area contributed by atoms with Gasteiger partial charge in [-0.2, -0.15) is 0 Å². The van der Waals surface area contributed by atoms with Crippen LogP contribution in [-0.2, 0) is 0 Å². The van der Waals surface area contributed by atoms with E-state index in [2.05, 4.69) is 36.3 Å². The Bertz CT molecular complexity index is 415.